The third-order valence-corrected chi connectivity index (χ3v) is 2.82. The highest BCUT2D eigenvalue weighted by atomic mass is 19.1. The standard InChI is InChI=1S/C9H16FNO/c10-8-2-1-4-11(6-8)9-3-5-12-7-9/h8-9H,1-7H2/t8-,9-/m1/s1. The van der Waals surface area contributed by atoms with Crippen LogP contribution >= 0.6 is 0 Å². The molecule has 2 heterocycles. The molecule has 2 rings (SSSR count). The minimum Gasteiger partial charge on any atom is -0.380 e. The Balaban J connectivity index is 1.85. The first kappa shape index (κ1) is 8.45. The van der Waals surface area contributed by atoms with Gasteiger partial charge in [-0.15, -0.1) is 0 Å². The molecule has 12 heavy (non-hydrogen) atoms. The highest BCUT2D eigenvalue weighted by Gasteiger charge is 2.27. The summed E-state index contributed by atoms with van der Waals surface area (Å²) in [6.07, 6.45) is 2.26. The van der Waals surface area contributed by atoms with Crippen LogP contribution in [0.3, 0.4) is 0 Å². The Bertz CT molecular complexity index is 147. The summed E-state index contributed by atoms with van der Waals surface area (Å²) in [7, 11) is 0. The lowest BCUT2D eigenvalue weighted by Crippen LogP contribution is -2.43. The maximum atomic E-state index is 13.0. The molecule has 2 aliphatic rings. The molecule has 3 heteroatoms. The maximum absolute atomic E-state index is 13.0. The van der Waals surface area contributed by atoms with E-state index in [9.17, 15) is 4.39 Å². The van der Waals surface area contributed by atoms with Crippen LogP contribution in [0.4, 0.5) is 4.39 Å². The van der Waals surface area contributed by atoms with Crippen LogP contribution in [0.2, 0.25) is 0 Å². The number of likely N-dealkylation sites (tertiary alicyclic amines) is 1. The molecule has 0 aromatic heterocycles. The van der Waals surface area contributed by atoms with Gasteiger partial charge in [0, 0.05) is 19.2 Å². The second-order valence-electron chi connectivity index (χ2n) is 3.75. The normalized spacial score (nSPS) is 38.8. The van der Waals surface area contributed by atoms with Crippen molar-refractivity contribution in [3.63, 3.8) is 0 Å². The van der Waals surface area contributed by atoms with E-state index in [1.54, 1.807) is 0 Å². The molecule has 0 N–H and O–H groups in total. The Morgan fingerprint density at radius 1 is 1.33 bits per heavy atom. The lowest BCUT2D eigenvalue weighted by Gasteiger charge is -2.32. The van der Waals surface area contributed by atoms with E-state index < -0.39 is 6.17 Å². The number of rotatable bonds is 1. The van der Waals surface area contributed by atoms with E-state index in [0.717, 1.165) is 39.0 Å². The summed E-state index contributed by atoms with van der Waals surface area (Å²) in [5.74, 6) is 0. The van der Waals surface area contributed by atoms with E-state index in [4.69, 9.17) is 4.74 Å². The second kappa shape index (κ2) is 3.71. The van der Waals surface area contributed by atoms with Gasteiger partial charge in [0.05, 0.1) is 6.61 Å². The number of nitrogens with zero attached hydrogens (tertiary/aromatic N) is 1. The van der Waals surface area contributed by atoms with Gasteiger partial charge in [0.1, 0.15) is 6.17 Å². The van der Waals surface area contributed by atoms with E-state index in [1.807, 2.05) is 0 Å². The van der Waals surface area contributed by atoms with Gasteiger partial charge in [0.2, 0.25) is 0 Å². The van der Waals surface area contributed by atoms with Crippen molar-refractivity contribution >= 4 is 0 Å². The summed E-state index contributed by atoms with van der Waals surface area (Å²) in [5, 5.41) is 0. The van der Waals surface area contributed by atoms with Gasteiger partial charge in [-0.3, -0.25) is 4.90 Å². The maximum Gasteiger partial charge on any atom is 0.113 e. The predicted octanol–water partition coefficient (Wildman–Crippen LogP) is 1.21. The average Bonchev–Trinajstić information content (AvgIpc) is 2.56. The molecular weight excluding hydrogens is 157 g/mol. The lowest BCUT2D eigenvalue weighted by atomic mass is 10.1. The van der Waals surface area contributed by atoms with Crippen LogP contribution in [0.15, 0.2) is 0 Å². The number of ether oxygens (including phenoxy) is 1. The Hall–Kier alpha value is -0.150. The largest absolute Gasteiger partial charge is 0.380 e. The quantitative estimate of drug-likeness (QED) is 0.591. The Kier molecular flexibility index (Phi) is 2.61. The molecule has 2 saturated heterocycles. The fraction of sp³-hybridized carbons (Fsp3) is 1.00. The van der Waals surface area contributed by atoms with Crippen LogP contribution in [-0.4, -0.2) is 43.4 Å². The Morgan fingerprint density at radius 2 is 2.25 bits per heavy atom. The lowest BCUT2D eigenvalue weighted by molar-refractivity contribution is 0.0862. The first-order valence-corrected chi connectivity index (χ1v) is 4.82. The molecule has 0 spiro atoms. The summed E-state index contributed by atoms with van der Waals surface area (Å²) in [5.41, 5.74) is 0. The summed E-state index contributed by atoms with van der Waals surface area (Å²) in [6, 6.07) is 0.503. The molecular formula is C9H16FNO. The molecule has 0 aromatic carbocycles. The molecule has 0 aliphatic carbocycles. The van der Waals surface area contributed by atoms with Gasteiger partial charge in [-0.1, -0.05) is 0 Å². The van der Waals surface area contributed by atoms with Crippen molar-refractivity contribution in [2.24, 2.45) is 0 Å². The number of alkyl halides is 1. The molecule has 0 bridgehead atoms. The molecule has 70 valence electrons. The monoisotopic (exact) mass is 173 g/mol. The fourth-order valence-electron chi connectivity index (χ4n) is 2.09. The number of hydrogen-bond acceptors (Lipinski definition) is 2. The molecule has 2 nitrogen and oxygen atoms in total. The van der Waals surface area contributed by atoms with Crippen molar-refractivity contribution in [3.8, 4) is 0 Å². The van der Waals surface area contributed by atoms with Gasteiger partial charge < -0.3 is 4.74 Å². The van der Waals surface area contributed by atoms with E-state index in [2.05, 4.69) is 4.90 Å². The molecule has 2 aliphatic heterocycles. The van der Waals surface area contributed by atoms with Crippen LogP contribution in [-0.2, 0) is 4.74 Å². The summed E-state index contributed by atoms with van der Waals surface area (Å²) >= 11 is 0. The van der Waals surface area contributed by atoms with E-state index in [-0.39, 0.29) is 0 Å². The van der Waals surface area contributed by atoms with Crippen LogP contribution in [0.1, 0.15) is 19.3 Å². The van der Waals surface area contributed by atoms with Crippen LogP contribution in [0.25, 0.3) is 0 Å². The van der Waals surface area contributed by atoms with Gasteiger partial charge in [0.15, 0.2) is 0 Å². The van der Waals surface area contributed by atoms with Gasteiger partial charge in [-0.05, 0) is 25.8 Å². The van der Waals surface area contributed by atoms with Gasteiger partial charge >= 0.3 is 0 Å². The van der Waals surface area contributed by atoms with E-state index >= 15 is 0 Å². The molecule has 0 radical (unpaired) electrons. The van der Waals surface area contributed by atoms with Gasteiger partial charge in [-0.25, -0.2) is 4.39 Å². The third-order valence-electron chi connectivity index (χ3n) is 2.82. The number of piperidine rings is 1. The number of hydrogen-bond donors (Lipinski definition) is 0. The van der Waals surface area contributed by atoms with E-state index in [0.29, 0.717) is 12.6 Å². The third kappa shape index (κ3) is 1.77. The van der Waals surface area contributed by atoms with E-state index in [1.165, 1.54) is 0 Å². The van der Waals surface area contributed by atoms with Gasteiger partial charge in [-0.2, -0.15) is 0 Å². The molecule has 0 amide bonds. The zero-order valence-electron chi connectivity index (χ0n) is 7.34. The molecule has 2 fully saturated rings. The summed E-state index contributed by atoms with van der Waals surface area (Å²) in [6.45, 7) is 3.37. The Morgan fingerprint density at radius 3 is 2.92 bits per heavy atom. The molecule has 0 unspecified atom stereocenters. The van der Waals surface area contributed by atoms with Crippen LogP contribution in [0.5, 0.6) is 0 Å². The topological polar surface area (TPSA) is 12.5 Å². The summed E-state index contributed by atoms with van der Waals surface area (Å²) in [4.78, 5) is 2.25. The minimum absolute atomic E-state index is 0.503. The first-order chi connectivity index (χ1) is 5.86. The highest BCUT2D eigenvalue weighted by Crippen LogP contribution is 2.19. The predicted molar refractivity (Wildman–Crippen MR) is 44.9 cm³/mol. The summed E-state index contributed by atoms with van der Waals surface area (Å²) < 4.78 is 18.3. The minimum atomic E-state index is -0.598. The van der Waals surface area contributed by atoms with Crippen molar-refractivity contribution in [2.75, 3.05) is 26.3 Å². The van der Waals surface area contributed by atoms with Crippen LogP contribution < -0.4 is 0 Å². The second-order valence-corrected chi connectivity index (χ2v) is 3.75. The van der Waals surface area contributed by atoms with Crippen molar-refractivity contribution in [3.05, 3.63) is 0 Å². The van der Waals surface area contributed by atoms with Gasteiger partial charge in [0.25, 0.3) is 0 Å². The SMILES string of the molecule is F[C@@H]1CCCN([C@@H]2CCOC2)C1. The highest BCUT2D eigenvalue weighted by molar-refractivity contribution is 4.81. The molecule has 0 saturated carbocycles. The Labute approximate surface area is 72.7 Å². The zero-order valence-corrected chi connectivity index (χ0v) is 7.34. The van der Waals surface area contributed by atoms with Crippen molar-refractivity contribution < 1.29 is 9.13 Å². The smallest absolute Gasteiger partial charge is 0.113 e. The van der Waals surface area contributed by atoms with Crippen molar-refractivity contribution in [1.29, 1.82) is 0 Å². The molecule has 0 aromatic rings. The number of halogens is 1. The fourth-order valence-corrected chi connectivity index (χ4v) is 2.09. The van der Waals surface area contributed by atoms with Crippen molar-refractivity contribution in [1.82, 2.24) is 4.90 Å². The zero-order chi connectivity index (χ0) is 8.39. The average molecular weight is 173 g/mol. The first-order valence-electron chi connectivity index (χ1n) is 4.82. The van der Waals surface area contributed by atoms with Crippen LogP contribution in [0, 0.1) is 0 Å². The van der Waals surface area contributed by atoms with Crippen molar-refractivity contribution in [2.45, 2.75) is 31.5 Å². The molecule has 2 atom stereocenters.